The van der Waals surface area contributed by atoms with Crippen LogP contribution in [0.1, 0.15) is 33.1 Å². The van der Waals surface area contributed by atoms with Gasteiger partial charge in [-0.05, 0) is 37.6 Å². The van der Waals surface area contributed by atoms with Gasteiger partial charge in [0.1, 0.15) is 11.5 Å². The third kappa shape index (κ3) is 4.87. The van der Waals surface area contributed by atoms with E-state index in [2.05, 4.69) is 6.92 Å². The van der Waals surface area contributed by atoms with Crippen LogP contribution in [-0.2, 0) is 0 Å². The third-order valence-corrected chi connectivity index (χ3v) is 2.18. The van der Waals surface area contributed by atoms with Crippen molar-refractivity contribution in [2.75, 3.05) is 6.61 Å². The van der Waals surface area contributed by atoms with Crippen LogP contribution in [0.4, 0.5) is 0 Å². The molecule has 1 rings (SSSR count). The van der Waals surface area contributed by atoms with E-state index in [1.807, 2.05) is 37.3 Å². The van der Waals surface area contributed by atoms with Gasteiger partial charge in [-0.1, -0.05) is 25.8 Å². The molecule has 1 aromatic rings. The molecule has 0 aromatic heterocycles. The maximum absolute atomic E-state index is 5.59. The number of unbranched alkanes of at least 4 members (excludes halogenated alkanes) is 2. The Balaban J connectivity index is 2.33. The fourth-order valence-corrected chi connectivity index (χ4v) is 1.30. The minimum Gasteiger partial charge on any atom is -0.494 e. The molecule has 0 amide bonds. The molecule has 0 radical (unpaired) electrons. The summed E-state index contributed by atoms with van der Waals surface area (Å²) in [7, 11) is 0. The maximum atomic E-state index is 5.59. The number of ether oxygens (including phenoxy) is 2. The van der Waals surface area contributed by atoms with E-state index in [0.29, 0.717) is 0 Å². The lowest BCUT2D eigenvalue weighted by molar-refractivity contribution is 0.306. The van der Waals surface area contributed by atoms with E-state index >= 15 is 0 Å². The molecule has 0 heterocycles. The highest BCUT2D eigenvalue weighted by molar-refractivity contribution is 5.31. The molecule has 0 saturated heterocycles. The molecule has 2 heteroatoms. The molecule has 0 spiro atoms. The Morgan fingerprint density at radius 3 is 2.38 bits per heavy atom. The first-order valence-electron chi connectivity index (χ1n) is 5.87. The summed E-state index contributed by atoms with van der Waals surface area (Å²) in [4.78, 5) is 0. The van der Waals surface area contributed by atoms with Gasteiger partial charge in [0, 0.05) is 0 Å². The van der Waals surface area contributed by atoms with Crippen molar-refractivity contribution >= 4 is 0 Å². The summed E-state index contributed by atoms with van der Waals surface area (Å²) in [6, 6.07) is 7.69. The highest BCUT2D eigenvalue weighted by Gasteiger charge is 1.95. The van der Waals surface area contributed by atoms with Gasteiger partial charge in [0.05, 0.1) is 12.9 Å². The maximum Gasteiger partial charge on any atom is 0.126 e. The van der Waals surface area contributed by atoms with Crippen molar-refractivity contribution in [3.8, 4) is 11.5 Å². The smallest absolute Gasteiger partial charge is 0.126 e. The molecule has 0 N–H and O–H groups in total. The van der Waals surface area contributed by atoms with Crippen molar-refractivity contribution in [3.05, 3.63) is 36.6 Å². The molecular formula is C14H20O2. The number of hydrogen-bond donors (Lipinski definition) is 0. The summed E-state index contributed by atoms with van der Waals surface area (Å²) in [5.74, 6) is 1.74. The predicted molar refractivity (Wildman–Crippen MR) is 66.9 cm³/mol. The standard InChI is InChI=1S/C14H20O2/c1-3-5-6-12-16-14-9-7-13(8-10-14)15-11-4-2/h4,7-11H,3,5-6,12H2,1-2H3. The number of rotatable bonds is 7. The summed E-state index contributed by atoms with van der Waals surface area (Å²) >= 11 is 0. The molecule has 0 unspecified atom stereocenters. The monoisotopic (exact) mass is 220 g/mol. The number of benzene rings is 1. The van der Waals surface area contributed by atoms with Gasteiger partial charge >= 0.3 is 0 Å². The van der Waals surface area contributed by atoms with Crippen LogP contribution < -0.4 is 9.47 Å². The fourth-order valence-electron chi connectivity index (χ4n) is 1.30. The van der Waals surface area contributed by atoms with E-state index in [0.717, 1.165) is 24.5 Å². The van der Waals surface area contributed by atoms with Gasteiger partial charge in [-0.25, -0.2) is 0 Å². The number of allylic oxidation sites excluding steroid dienone is 1. The van der Waals surface area contributed by atoms with Crippen LogP contribution in [0.25, 0.3) is 0 Å². The van der Waals surface area contributed by atoms with Gasteiger partial charge in [0.25, 0.3) is 0 Å². The molecule has 1 aromatic carbocycles. The Morgan fingerprint density at radius 2 is 1.75 bits per heavy atom. The van der Waals surface area contributed by atoms with Gasteiger partial charge in [0.2, 0.25) is 0 Å². The molecule has 0 aliphatic carbocycles. The summed E-state index contributed by atoms with van der Waals surface area (Å²) < 4.78 is 10.9. The highest BCUT2D eigenvalue weighted by atomic mass is 16.5. The second-order valence-corrected chi connectivity index (χ2v) is 3.61. The van der Waals surface area contributed by atoms with Crippen molar-refractivity contribution in [2.45, 2.75) is 33.1 Å². The Kier molecular flexibility index (Phi) is 6.16. The molecule has 0 bridgehead atoms. The lowest BCUT2D eigenvalue weighted by Gasteiger charge is -2.06. The van der Waals surface area contributed by atoms with Crippen LogP contribution in [0.3, 0.4) is 0 Å². The molecule has 0 aliphatic heterocycles. The first-order valence-corrected chi connectivity index (χ1v) is 5.87. The average Bonchev–Trinajstić information content (AvgIpc) is 2.33. The lowest BCUT2D eigenvalue weighted by atomic mass is 10.3. The normalized spacial score (nSPS) is 10.6. The third-order valence-electron chi connectivity index (χ3n) is 2.18. The second kappa shape index (κ2) is 7.80. The summed E-state index contributed by atoms with van der Waals surface area (Å²) in [6.07, 6.45) is 7.08. The molecule has 0 saturated carbocycles. The van der Waals surface area contributed by atoms with Gasteiger partial charge in [0.15, 0.2) is 0 Å². The Labute approximate surface area is 97.9 Å². The van der Waals surface area contributed by atoms with Crippen LogP contribution in [0.2, 0.25) is 0 Å². The molecule has 0 aliphatic rings. The molecule has 88 valence electrons. The zero-order valence-electron chi connectivity index (χ0n) is 10.1. The van der Waals surface area contributed by atoms with Crippen molar-refractivity contribution in [2.24, 2.45) is 0 Å². The van der Waals surface area contributed by atoms with Crippen molar-refractivity contribution < 1.29 is 9.47 Å². The Morgan fingerprint density at radius 1 is 1.06 bits per heavy atom. The largest absolute Gasteiger partial charge is 0.494 e. The van der Waals surface area contributed by atoms with Gasteiger partial charge < -0.3 is 9.47 Å². The molecule has 0 atom stereocenters. The van der Waals surface area contributed by atoms with Crippen LogP contribution in [-0.4, -0.2) is 6.61 Å². The first kappa shape index (κ1) is 12.6. The van der Waals surface area contributed by atoms with E-state index in [-0.39, 0.29) is 0 Å². The van der Waals surface area contributed by atoms with E-state index in [4.69, 9.17) is 9.47 Å². The second-order valence-electron chi connectivity index (χ2n) is 3.61. The average molecular weight is 220 g/mol. The van der Waals surface area contributed by atoms with E-state index in [1.165, 1.54) is 12.8 Å². The predicted octanol–water partition coefficient (Wildman–Crippen LogP) is 4.17. The minimum absolute atomic E-state index is 0.795. The van der Waals surface area contributed by atoms with Crippen molar-refractivity contribution in [3.63, 3.8) is 0 Å². The lowest BCUT2D eigenvalue weighted by Crippen LogP contribution is -1.96. The topological polar surface area (TPSA) is 18.5 Å². The fraction of sp³-hybridized carbons (Fsp3) is 0.429. The van der Waals surface area contributed by atoms with Crippen LogP contribution in [0.5, 0.6) is 11.5 Å². The highest BCUT2D eigenvalue weighted by Crippen LogP contribution is 2.18. The summed E-state index contributed by atoms with van der Waals surface area (Å²) in [5, 5.41) is 0. The van der Waals surface area contributed by atoms with Crippen LogP contribution in [0, 0.1) is 0 Å². The van der Waals surface area contributed by atoms with Crippen molar-refractivity contribution in [1.29, 1.82) is 0 Å². The zero-order valence-corrected chi connectivity index (χ0v) is 10.1. The quantitative estimate of drug-likeness (QED) is 0.507. The van der Waals surface area contributed by atoms with Gasteiger partial charge in [-0.3, -0.25) is 0 Å². The minimum atomic E-state index is 0.795. The summed E-state index contributed by atoms with van der Waals surface area (Å²) in [6.45, 7) is 4.90. The first-order chi connectivity index (χ1) is 7.86. The molecule has 2 nitrogen and oxygen atoms in total. The summed E-state index contributed by atoms with van der Waals surface area (Å²) in [5.41, 5.74) is 0. The van der Waals surface area contributed by atoms with Crippen LogP contribution >= 0.6 is 0 Å². The number of hydrogen-bond acceptors (Lipinski definition) is 2. The Hall–Kier alpha value is -1.44. The van der Waals surface area contributed by atoms with Crippen molar-refractivity contribution in [1.82, 2.24) is 0 Å². The SMILES string of the molecule is CC=COc1ccc(OCCCCC)cc1. The Bertz CT molecular complexity index is 301. The van der Waals surface area contributed by atoms with Crippen LogP contribution in [0.15, 0.2) is 36.6 Å². The van der Waals surface area contributed by atoms with E-state index in [1.54, 1.807) is 6.26 Å². The molecule has 16 heavy (non-hydrogen) atoms. The molecule has 0 fully saturated rings. The zero-order chi connectivity index (χ0) is 11.6. The van der Waals surface area contributed by atoms with E-state index < -0.39 is 0 Å². The van der Waals surface area contributed by atoms with Gasteiger partial charge in [-0.2, -0.15) is 0 Å². The van der Waals surface area contributed by atoms with Gasteiger partial charge in [-0.15, -0.1) is 0 Å². The van der Waals surface area contributed by atoms with E-state index in [9.17, 15) is 0 Å². The molecular weight excluding hydrogens is 200 g/mol.